The quantitative estimate of drug-likeness (QED) is 0.182. The highest BCUT2D eigenvalue weighted by atomic mass is 32.1. The second-order valence-corrected chi connectivity index (χ2v) is 18.9. The zero-order chi connectivity index (χ0) is 45.9. The zero-order valence-electron chi connectivity index (χ0n) is 37.6. The molecule has 5 rings (SSSR count). The van der Waals surface area contributed by atoms with Gasteiger partial charge < -0.3 is 49.4 Å². The van der Waals surface area contributed by atoms with E-state index in [0.717, 1.165) is 16.7 Å². The fraction of sp³-hybridized carbons (Fsp3) is 0.682. The molecule has 2 bridgehead atoms. The van der Waals surface area contributed by atoms with E-state index in [0.29, 0.717) is 23.6 Å². The fourth-order valence-electron chi connectivity index (χ4n) is 8.98. The molecule has 0 spiro atoms. The number of nitrogens with zero attached hydrogens (tertiary/aromatic N) is 4. The Labute approximate surface area is 367 Å². The summed E-state index contributed by atoms with van der Waals surface area (Å²) < 4.78 is 48.8. The van der Waals surface area contributed by atoms with Gasteiger partial charge in [0.15, 0.2) is 18.7 Å². The van der Waals surface area contributed by atoms with Crippen LogP contribution in [0.5, 0.6) is 0 Å². The lowest BCUT2D eigenvalue weighted by Gasteiger charge is -2.47. The van der Waals surface area contributed by atoms with Crippen LogP contribution < -0.4 is 5.73 Å². The number of rotatable bonds is 8. The van der Waals surface area contributed by atoms with Crippen molar-refractivity contribution in [3.05, 3.63) is 35.2 Å². The van der Waals surface area contributed by atoms with Crippen LogP contribution in [0, 0.1) is 17.8 Å². The number of ketones is 1. The molecule has 3 fully saturated rings. The molecule has 0 aromatic carbocycles. The Bertz CT molecular complexity index is 1970. The van der Waals surface area contributed by atoms with E-state index in [1.165, 1.54) is 32.1 Å². The molecule has 4 N–H and O–H groups in total. The van der Waals surface area contributed by atoms with Crippen LogP contribution in [0.2, 0.25) is 0 Å². The highest BCUT2D eigenvalue weighted by Gasteiger charge is 2.56. The summed E-state index contributed by atoms with van der Waals surface area (Å²) in [4.78, 5) is 59.5. The third kappa shape index (κ3) is 10.9. The Kier molecular flexibility index (Phi) is 15.9. The first-order chi connectivity index (χ1) is 29.0. The number of aliphatic imine (C=N–C) groups is 1. The predicted octanol–water partition coefficient (Wildman–Crippen LogP) is 4.92. The first kappa shape index (κ1) is 49.3. The number of nitrogen functional groups attached to an aromatic ring is 1. The number of Topliss-reactive ketones (excluding diaryl/α,β-unsaturated/α-hetero) is 1. The molecule has 62 heavy (non-hydrogen) atoms. The SMILES string of the molecule is CC[C@H]1OC(=O)[C@@](C)(F)C(=O)[C@H](C)[C@@H](O[C@@H]2O[C@H](C)C[C@H](N(C)C)[C@H]2O)[C@@]2(C)C[C@@H](C)C(=NC(C)=O)[C@H](C)[C@@H](OC/C(=N\OCc3ccc(-c4cccc(N)n4)s3)CO2)[C@]1(C)O. The molecule has 0 radical (unpaired) electrons. The molecular formula is C44H64FN5O11S. The van der Waals surface area contributed by atoms with E-state index >= 15 is 4.39 Å². The maximum Gasteiger partial charge on any atom is 0.351 e. The van der Waals surface area contributed by atoms with Crippen LogP contribution in [0.15, 0.2) is 40.5 Å². The van der Waals surface area contributed by atoms with Gasteiger partial charge in [-0.3, -0.25) is 9.59 Å². The number of thiophene rings is 1. The molecule has 0 unspecified atom stereocenters. The average Bonchev–Trinajstić information content (AvgIpc) is 3.67. The normalized spacial score (nSPS) is 38.0. The molecule has 2 aromatic rings. The highest BCUT2D eigenvalue weighted by Crippen LogP contribution is 2.41. The Hall–Kier alpha value is -3.75. The number of hydrogen-bond acceptors (Lipinski definition) is 16. The summed E-state index contributed by atoms with van der Waals surface area (Å²) in [7, 11) is 3.63. The van der Waals surface area contributed by atoms with E-state index in [-0.39, 0.29) is 44.5 Å². The van der Waals surface area contributed by atoms with E-state index in [4.69, 9.17) is 34.3 Å². The lowest BCUT2D eigenvalue weighted by atomic mass is 9.73. The van der Waals surface area contributed by atoms with Crippen LogP contribution in [-0.4, -0.2) is 136 Å². The molecule has 13 atom stereocenters. The van der Waals surface area contributed by atoms with Crippen molar-refractivity contribution in [2.75, 3.05) is 33.0 Å². The Morgan fingerprint density at radius 1 is 1.10 bits per heavy atom. The molecule has 0 saturated carbocycles. The number of carbonyl (C=O) groups excluding carboxylic acids is 3. The summed E-state index contributed by atoms with van der Waals surface area (Å²) in [5.41, 5.74) is 0.324. The van der Waals surface area contributed by atoms with E-state index in [1.807, 2.05) is 57.1 Å². The van der Waals surface area contributed by atoms with Crippen LogP contribution >= 0.6 is 11.3 Å². The van der Waals surface area contributed by atoms with Crippen molar-refractivity contribution in [2.24, 2.45) is 27.9 Å². The smallest absolute Gasteiger partial charge is 0.351 e. The van der Waals surface area contributed by atoms with Crippen LogP contribution in [0.25, 0.3) is 10.6 Å². The molecule has 1 amide bonds. The molecule has 5 heterocycles. The van der Waals surface area contributed by atoms with Gasteiger partial charge >= 0.3 is 5.97 Å². The minimum absolute atomic E-state index is 0.00484. The molecule has 2 aromatic heterocycles. The van der Waals surface area contributed by atoms with Crippen molar-refractivity contribution in [1.29, 1.82) is 0 Å². The van der Waals surface area contributed by atoms with Crippen molar-refractivity contribution in [2.45, 2.75) is 148 Å². The second-order valence-electron chi connectivity index (χ2n) is 17.7. The molecule has 3 saturated heterocycles. The first-order valence-corrected chi connectivity index (χ1v) is 22.0. The van der Waals surface area contributed by atoms with Crippen LogP contribution in [-0.2, 0) is 49.5 Å². The number of alkyl halides is 1. The van der Waals surface area contributed by atoms with Gasteiger partial charge in [-0.15, -0.1) is 11.3 Å². The Morgan fingerprint density at radius 3 is 2.45 bits per heavy atom. The highest BCUT2D eigenvalue weighted by molar-refractivity contribution is 7.15. The van der Waals surface area contributed by atoms with Gasteiger partial charge in [0.2, 0.25) is 5.91 Å². The number of amides is 1. The standard InChI is InChI=1S/C44H64FN5O11S/c1-12-33-44(9,55)39-25(4)35(47-27(6)51)23(2)19-42(7,57-21-28(20-56-39)49-58-22-29-16-17-32(62-29)30-14-13-15-34(46)48-30)38(26(5)37(53)43(8,45)41(54)60-33)61-40-36(52)31(50(10)11)18-24(3)59-40/h13-17,23-26,31,33,36,38-40,52,55H,12,18-22H2,1-11H3,(H2,46,48)/b47-35?,49-28+/t23-,24-,25+,26+,31+,33-,36-,38-,39-,40+,42-,43+,44-/m1/s1. The topological polar surface area (TPSA) is 214 Å². The number of esters is 1. The Balaban J connectivity index is 1.66. The van der Waals surface area contributed by atoms with Crippen LogP contribution in [0.3, 0.4) is 0 Å². The minimum Gasteiger partial charge on any atom is -0.457 e. The second kappa shape index (κ2) is 20.0. The number of cyclic esters (lactones) is 1. The zero-order valence-corrected chi connectivity index (χ0v) is 38.4. The number of hydrogen-bond donors (Lipinski definition) is 3. The minimum atomic E-state index is -3.22. The molecular weight excluding hydrogens is 826 g/mol. The summed E-state index contributed by atoms with van der Waals surface area (Å²) in [5.74, 6) is -5.71. The number of carbonyl (C=O) groups is 3. The number of halogens is 1. The molecule has 0 aliphatic carbocycles. The fourth-order valence-corrected chi connectivity index (χ4v) is 9.86. The van der Waals surface area contributed by atoms with E-state index in [9.17, 15) is 24.6 Å². The van der Waals surface area contributed by atoms with Crippen molar-refractivity contribution in [3.8, 4) is 10.6 Å². The molecule has 344 valence electrons. The van der Waals surface area contributed by atoms with Crippen molar-refractivity contribution in [1.82, 2.24) is 9.88 Å². The number of nitrogens with two attached hydrogens (primary N) is 1. The molecule has 3 aliphatic rings. The Morgan fingerprint density at radius 2 is 1.81 bits per heavy atom. The van der Waals surface area contributed by atoms with Gasteiger partial charge in [0.1, 0.15) is 29.3 Å². The maximum absolute atomic E-state index is 16.9. The molecule has 3 aliphatic heterocycles. The summed E-state index contributed by atoms with van der Waals surface area (Å²) in [6.45, 7) is 13.1. The number of aliphatic hydroxyl groups excluding tert-OH is 1. The largest absolute Gasteiger partial charge is 0.457 e. The molecule has 18 heteroatoms. The monoisotopic (exact) mass is 889 g/mol. The van der Waals surface area contributed by atoms with Gasteiger partial charge in [0.05, 0.1) is 47.7 Å². The number of oxime groups is 1. The predicted molar refractivity (Wildman–Crippen MR) is 231 cm³/mol. The summed E-state index contributed by atoms with van der Waals surface area (Å²) in [6.07, 6.45) is -6.49. The van der Waals surface area contributed by atoms with Gasteiger partial charge in [0, 0.05) is 35.4 Å². The summed E-state index contributed by atoms with van der Waals surface area (Å²) >= 11 is 1.44. The van der Waals surface area contributed by atoms with Crippen molar-refractivity contribution < 1.29 is 57.5 Å². The lowest BCUT2D eigenvalue weighted by molar-refractivity contribution is -0.296. The molecule has 16 nitrogen and oxygen atoms in total. The van der Waals surface area contributed by atoms with Crippen molar-refractivity contribution >= 4 is 46.2 Å². The van der Waals surface area contributed by atoms with E-state index in [2.05, 4.69) is 15.1 Å². The number of aliphatic hydroxyl groups is 2. The van der Waals surface area contributed by atoms with Gasteiger partial charge in [-0.05, 0) is 91.2 Å². The van der Waals surface area contributed by atoms with Gasteiger partial charge in [0.25, 0.3) is 5.67 Å². The third-order valence-corrected chi connectivity index (χ3v) is 13.3. The van der Waals surface area contributed by atoms with Crippen LogP contribution in [0.4, 0.5) is 10.2 Å². The van der Waals surface area contributed by atoms with E-state index in [1.54, 1.807) is 26.8 Å². The number of pyridine rings is 1. The first-order valence-electron chi connectivity index (χ1n) is 21.2. The number of likely N-dealkylation sites (N-methyl/N-ethyl adjacent to an activating group) is 1. The van der Waals surface area contributed by atoms with Gasteiger partial charge in [-0.2, -0.15) is 0 Å². The average molecular weight is 890 g/mol. The van der Waals surface area contributed by atoms with E-state index < -0.39 is 89.0 Å². The van der Waals surface area contributed by atoms with Gasteiger partial charge in [-0.1, -0.05) is 38.9 Å². The number of aromatic nitrogens is 1. The summed E-state index contributed by atoms with van der Waals surface area (Å²) in [6, 6.07) is 8.76. The summed E-state index contributed by atoms with van der Waals surface area (Å²) in [5, 5.41) is 28.5. The third-order valence-electron chi connectivity index (χ3n) is 12.2. The number of fused-ring (bicyclic) bond motifs is 5. The lowest BCUT2D eigenvalue weighted by Crippen LogP contribution is -2.61. The number of ether oxygens (including phenoxy) is 5. The number of anilines is 1. The van der Waals surface area contributed by atoms with Gasteiger partial charge in [-0.25, -0.2) is 19.2 Å². The maximum atomic E-state index is 16.9. The van der Waals surface area contributed by atoms with Crippen LogP contribution in [0.1, 0.15) is 86.5 Å². The van der Waals surface area contributed by atoms with Crippen molar-refractivity contribution in [3.63, 3.8) is 0 Å².